The number of allylic oxidation sites excluding steroid dienone is 12. The lowest BCUT2D eigenvalue weighted by atomic mass is 9.79. The minimum absolute atomic E-state index is 0.397. The van der Waals surface area contributed by atoms with E-state index in [9.17, 15) is 0 Å². The normalized spacial score (nSPS) is 19.8. The van der Waals surface area contributed by atoms with Gasteiger partial charge in [0, 0.05) is 23.6 Å². The fourth-order valence-corrected chi connectivity index (χ4v) is 8.58. The Morgan fingerprint density at radius 2 is 1.38 bits per heavy atom. The van der Waals surface area contributed by atoms with Gasteiger partial charge in [0.15, 0.2) is 0 Å². The predicted octanol–water partition coefficient (Wildman–Crippen LogP) is 10.3. The number of benzene rings is 4. The number of pyridine rings is 1. The Bertz CT molecular complexity index is 2380. The summed E-state index contributed by atoms with van der Waals surface area (Å²) in [5.41, 5.74) is 12.1. The van der Waals surface area contributed by atoms with E-state index in [1.807, 2.05) is 6.20 Å². The van der Waals surface area contributed by atoms with Crippen molar-refractivity contribution in [3.63, 3.8) is 0 Å². The lowest BCUT2D eigenvalue weighted by molar-refractivity contribution is 0.662. The minimum atomic E-state index is 0.397. The second kappa shape index (κ2) is 12.1. The fraction of sp³-hybridized carbons (Fsp3) is 0.170. The summed E-state index contributed by atoms with van der Waals surface area (Å²) in [4.78, 5) is 4.93. The molecule has 0 saturated heterocycles. The summed E-state index contributed by atoms with van der Waals surface area (Å²) < 4.78 is 0. The Labute approximate surface area is 283 Å². The summed E-state index contributed by atoms with van der Waals surface area (Å²) in [6.45, 7) is 2.27. The van der Waals surface area contributed by atoms with Crippen LogP contribution in [0, 0.1) is 11.8 Å². The molecule has 0 radical (unpaired) electrons. The lowest BCUT2D eigenvalue weighted by Gasteiger charge is -2.25. The van der Waals surface area contributed by atoms with Crippen LogP contribution in [-0.2, 0) is 6.42 Å². The smallest absolute Gasteiger partial charge is 0.0773 e. The Balaban J connectivity index is 1.19. The minimum Gasteiger partial charge on any atom is -0.256 e. The summed E-state index contributed by atoms with van der Waals surface area (Å²) in [7, 11) is 0. The van der Waals surface area contributed by atoms with Crippen molar-refractivity contribution in [2.45, 2.75) is 39.0 Å². The molecule has 1 nitrogen and oxygen atoms in total. The molecule has 0 saturated carbocycles. The topological polar surface area (TPSA) is 12.9 Å². The fourth-order valence-electron chi connectivity index (χ4n) is 8.58. The average Bonchev–Trinajstić information content (AvgIpc) is 3.16. The second-order valence-corrected chi connectivity index (χ2v) is 13.5. The van der Waals surface area contributed by atoms with Crippen molar-refractivity contribution in [3.05, 3.63) is 178 Å². The van der Waals surface area contributed by atoms with Crippen molar-refractivity contribution in [1.29, 1.82) is 0 Å². The van der Waals surface area contributed by atoms with Gasteiger partial charge in [-0.1, -0.05) is 140 Å². The van der Waals surface area contributed by atoms with Gasteiger partial charge in [-0.3, -0.25) is 4.98 Å². The molecule has 4 aliphatic carbocycles. The maximum absolute atomic E-state index is 4.93. The third-order valence-electron chi connectivity index (χ3n) is 10.9. The highest BCUT2D eigenvalue weighted by Crippen LogP contribution is 2.44. The van der Waals surface area contributed by atoms with Crippen LogP contribution in [0.15, 0.2) is 140 Å². The quantitative estimate of drug-likeness (QED) is 0.179. The van der Waals surface area contributed by atoms with Gasteiger partial charge in [-0.05, 0) is 109 Å². The molecular formula is C47H39N. The summed E-state index contributed by atoms with van der Waals surface area (Å²) >= 11 is 0. The highest BCUT2D eigenvalue weighted by molar-refractivity contribution is 6.16. The molecule has 1 aromatic heterocycles. The van der Waals surface area contributed by atoms with E-state index in [4.69, 9.17) is 4.98 Å². The highest BCUT2D eigenvalue weighted by atomic mass is 14.7. The molecule has 0 amide bonds. The van der Waals surface area contributed by atoms with E-state index in [0.29, 0.717) is 11.8 Å². The van der Waals surface area contributed by atoms with Gasteiger partial charge >= 0.3 is 0 Å². The monoisotopic (exact) mass is 617 g/mol. The molecule has 0 spiro atoms. The molecule has 9 rings (SSSR count). The van der Waals surface area contributed by atoms with Gasteiger partial charge in [-0.25, -0.2) is 0 Å². The molecule has 0 bridgehead atoms. The molecular weight excluding hydrogens is 579 g/mol. The van der Waals surface area contributed by atoms with E-state index in [0.717, 1.165) is 37.8 Å². The zero-order chi connectivity index (χ0) is 32.0. The van der Waals surface area contributed by atoms with Crippen molar-refractivity contribution >= 4 is 49.9 Å². The van der Waals surface area contributed by atoms with E-state index < -0.39 is 0 Å². The first-order valence-electron chi connectivity index (χ1n) is 17.6. The molecule has 0 N–H and O–H groups in total. The van der Waals surface area contributed by atoms with E-state index in [1.165, 1.54) is 76.5 Å². The molecule has 5 aromatic rings. The maximum Gasteiger partial charge on any atom is 0.0773 e. The molecule has 48 heavy (non-hydrogen) atoms. The first-order valence-corrected chi connectivity index (χ1v) is 17.6. The predicted molar refractivity (Wildman–Crippen MR) is 205 cm³/mol. The van der Waals surface area contributed by atoms with Gasteiger partial charge in [0.25, 0.3) is 0 Å². The first kappa shape index (κ1) is 28.9. The van der Waals surface area contributed by atoms with Crippen LogP contribution in [0.2, 0.25) is 0 Å². The number of rotatable bonds is 5. The second-order valence-electron chi connectivity index (χ2n) is 13.5. The number of aryl methyl sites for hydroxylation is 1. The van der Waals surface area contributed by atoms with Gasteiger partial charge in [-0.2, -0.15) is 0 Å². The van der Waals surface area contributed by atoms with E-state index in [1.54, 1.807) is 0 Å². The Morgan fingerprint density at radius 3 is 2.10 bits per heavy atom. The molecule has 1 heteroatoms. The van der Waals surface area contributed by atoms with E-state index in [2.05, 4.69) is 147 Å². The third kappa shape index (κ3) is 4.80. The summed E-state index contributed by atoms with van der Waals surface area (Å²) in [5.74, 6) is 0.841. The summed E-state index contributed by atoms with van der Waals surface area (Å²) in [6.07, 6.45) is 30.2. The van der Waals surface area contributed by atoms with Gasteiger partial charge in [-0.15, -0.1) is 0 Å². The molecule has 4 aliphatic rings. The largest absolute Gasteiger partial charge is 0.256 e. The maximum atomic E-state index is 4.93. The molecule has 232 valence electrons. The number of fused-ring (bicyclic) bond motifs is 4. The van der Waals surface area contributed by atoms with Gasteiger partial charge in [0.2, 0.25) is 0 Å². The Kier molecular flexibility index (Phi) is 7.27. The highest BCUT2D eigenvalue weighted by Gasteiger charge is 2.24. The molecule has 1 heterocycles. The van der Waals surface area contributed by atoms with Gasteiger partial charge < -0.3 is 0 Å². The number of aromatic nitrogens is 1. The lowest BCUT2D eigenvalue weighted by Crippen LogP contribution is -2.33. The van der Waals surface area contributed by atoms with Crippen LogP contribution >= 0.6 is 0 Å². The molecule has 4 aromatic carbocycles. The van der Waals surface area contributed by atoms with E-state index >= 15 is 0 Å². The standard InChI is InChI=1S/C47H39N/c1-2-31-14-9-20-39-37(31)19-10-21-40(39)46-43-17-7-5-15-41(43)45(42-16-6-8-18-44(42)46)34-26-24-33(25-27-34)38-22-11-29-48-47(38)36-28-23-32-12-3-4-13-35(32)30-36/h3-9,11-20,22-24,26,28-30,32,35H,2,10,21,25,27H2,1H3. The molecule has 0 fully saturated rings. The van der Waals surface area contributed by atoms with Crippen LogP contribution in [0.25, 0.3) is 49.9 Å². The average molecular weight is 618 g/mol. The molecule has 2 atom stereocenters. The van der Waals surface area contributed by atoms with E-state index in [-0.39, 0.29) is 0 Å². The van der Waals surface area contributed by atoms with Crippen LogP contribution in [0.5, 0.6) is 0 Å². The van der Waals surface area contributed by atoms with Crippen LogP contribution in [-0.4, -0.2) is 4.98 Å². The Morgan fingerprint density at radius 1 is 0.667 bits per heavy atom. The van der Waals surface area contributed by atoms with Crippen molar-refractivity contribution in [3.8, 4) is 0 Å². The first-order chi connectivity index (χ1) is 23.8. The van der Waals surface area contributed by atoms with Crippen LogP contribution in [0.4, 0.5) is 0 Å². The Hall–Kier alpha value is -5.27. The number of hydrogen-bond acceptors (Lipinski definition) is 1. The van der Waals surface area contributed by atoms with Gasteiger partial charge in [0.05, 0.1) is 5.69 Å². The van der Waals surface area contributed by atoms with Crippen molar-refractivity contribution in [2.75, 3.05) is 0 Å². The third-order valence-corrected chi connectivity index (χ3v) is 10.9. The zero-order valence-electron chi connectivity index (χ0n) is 27.5. The van der Waals surface area contributed by atoms with Crippen molar-refractivity contribution < 1.29 is 0 Å². The van der Waals surface area contributed by atoms with Crippen LogP contribution in [0.1, 0.15) is 60.6 Å². The summed E-state index contributed by atoms with van der Waals surface area (Å²) in [6, 6.07) is 29.5. The number of hydrogen-bond donors (Lipinski definition) is 0. The zero-order valence-corrected chi connectivity index (χ0v) is 27.5. The number of nitrogens with zero attached hydrogens (tertiary/aromatic N) is 1. The SMILES string of the molecule is CCc1cccc2c1=CCCC=2c1c2ccccc2c(C2=CC=C(c3cccnc3C3=CC4C=CC=CC4C=C3)CC2)c2ccccc12. The van der Waals surface area contributed by atoms with Gasteiger partial charge in [0.1, 0.15) is 0 Å². The van der Waals surface area contributed by atoms with Crippen molar-refractivity contribution in [2.24, 2.45) is 11.8 Å². The summed E-state index contributed by atoms with van der Waals surface area (Å²) in [5, 5.41) is 8.28. The van der Waals surface area contributed by atoms with Crippen LogP contribution in [0.3, 0.4) is 0 Å². The van der Waals surface area contributed by atoms with Crippen LogP contribution < -0.4 is 10.4 Å². The molecule has 2 unspecified atom stereocenters. The molecule has 0 aliphatic heterocycles. The van der Waals surface area contributed by atoms with Crippen molar-refractivity contribution in [1.82, 2.24) is 4.98 Å².